The predicted octanol–water partition coefficient (Wildman–Crippen LogP) is 3.83. The lowest BCUT2D eigenvalue weighted by molar-refractivity contribution is -0.124. The molecule has 1 aliphatic carbocycles. The molecule has 0 bridgehead atoms. The van der Waals surface area contributed by atoms with E-state index < -0.39 is 30.0 Å². The van der Waals surface area contributed by atoms with Crippen molar-refractivity contribution in [3.05, 3.63) is 72.1 Å². The van der Waals surface area contributed by atoms with Crippen LogP contribution < -0.4 is 5.73 Å². The Bertz CT molecular complexity index is 1120. The molecule has 3 N–H and O–H groups in total. The number of fused-ring (bicyclic) bond motifs is 1. The van der Waals surface area contributed by atoms with E-state index in [9.17, 15) is 14.7 Å². The van der Waals surface area contributed by atoms with Gasteiger partial charge in [0.15, 0.2) is 5.69 Å². The fourth-order valence-electron chi connectivity index (χ4n) is 4.78. The van der Waals surface area contributed by atoms with Crippen LogP contribution in [0.2, 0.25) is 0 Å². The normalized spacial score (nSPS) is 16.7. The molecule has 0 aliphatic heterocycles. The van der Waals surface area contributed by atoms with E-state index in [0.29, 0.717) is 29.8 Å². The SMILES string of the molecule is NC(=O)[C@H](CC1CCCC1)C[C@H](O)[C@H](Cc1ccccc1)OC(=O)c1cnc2ccccc2n1. The topological polar surface area (TPSA) is 115 Å². The van der Waals surface area contributed by atoms with Crippen molar-refractivity contribution in [3.63, 3.8) is 0 Å². The van der Waals surface area contributed by atoms with Gasteiger partial charge in [0.05, 0.1) is 23.3 Å². The summed E-state index contributed by atoms with van der Waals surface area (Å²) in [5.74, 6) is -1.09. The van der Waals surface area contributed by atoms with Gasteiger partial charge in [0.2, 0.25) is 5.91 Å². The van der Waals surface area contributed by atoms with E-state index in [1.165, 1.54) is 19.0 Å². The number of ether oxygens (including phenoxy) is 1. The monoisotopic (exact) mass is 461 g/mol. The van der Waals surface area contributed by atoms with Gasteiger partial charge in [-0.1, -0.05) is 68.1 Å². The zero-order chi connectivity index (χ0) is 23.9. The molecular formula is C27H31N3O4. The number of nitrogens with two attached hydrogens (primary N) is 1. The number of amides is 1. The summed E-state index contributed by atoms with van der Waals surface area (Å²) in [6.45, 7) is 0. The zero-order valence-corrected chi connectivity index (χ0v) is 19.2. The Labute approximate surface area is 199 Å². The van der Waals surface area contributed by atoms with E-state index >= 15 is 0 Å². The summed E-state index contributed by atoms with van der Waals surface area (Å²) in [7, 11) is 0. The van der Waals surface area contributed by atoms with Crippen LogP contribution >= 0.6 is 0 Å². The van der Waals surface area contributed by atoms with Gasteiger partial charge in [0.25, 0.3) is 0 Å². The minimum Gasteiger partial charge on any atom is -0.454 e. The molecule has 3 aromatic rings. The molecular weight excluding hydrogens is 430 g/mol. The first-order chi connectivity index (χ1) is 16.5. The average Bonchev–Trinajstić information content (AvgIpc) is 3.36. The second-order valence-corrected chi connectivity index (χ2v) is 9.17. The van der Waals surface area contributed by atoms with Gasteiger partial charge in [0, 0.05) is 12.3 Å². The first kappa shape index (κ1) is 23.8. The third-order valence-corrected chi connectivity index (χ3v) is 6.65. The molecule has 1 saturated carbocycles. The van der Waals surface area contributed by atoms with Crippen LogP contribution in [-0.4, -0.2) is 39.2 Å². The number of carbonyl (C=O) groups is 2. The number of aliphatic hydroxyl groups is 1. The molecule has 7 heteroatoms. The van der Waals surface area contributed by atoms with Crippen LogP contribution in [0.1, 0.15) is 54.6 Å². The summed E-state index contributed by atoms with van der Waals surface area (Å²) in [5.41, 5.74) is 7.93. The van der Waals surface area contributed by atoms with E-state index in [1.807, 2.05) is 48.5 Å². The van der Waals surface area contributed by atoms with Gasteiger partial charge in [-0.25, -0.2) is 9.78 Å². The summed E-state index contributed by atoms with van der Waals surface area (Å²) in [4.78, 5) is 33.8. The van der Waals surface area contributed by atoms with Gasteiger partial charge < -0.3 is 15.6 Å². The number of aromatic nitrogens is 2. The van der Waals surface area contributed by atoms with Crippen molar-refractivity contribution in [3.8, 4) is 0 Å². The largest absolute Gasteiger partial charge is 0.454 e. The number of benzene rings is 2. The number of hydrogen-bond acceptors (Lipinski definition) is 6. The Morgan fingerprint density at radius 1 is 1.03 bits per heavy atom. The standard InChI is InChI=1S/C27H31N3O4/c28-26(32)20(14-18-10-4-5-11-18)16-24(31)25(15-19-8-2-1-3-9-19)34-27(33)23-17-29-21-12-6-7-13-22(21)30-23/h1-3,6-9,12-13,17-18,20,24-25,31H,4-5,10-11,14-16H2,(H2,28,32)/t20-,24+,25+/m1/s1. The number of aliphatic hydroxyl groups excluding tert-OH is 1. The molecule has 7 nitrogen and oxygen atoms in total. The highest BCUT2D eigenvalue weighted by molar-refractivity contribution is 5.89. The third-order valence-electron chi connectivity index (χ3n) is 6.65. The summed E-state index contributed by atoms with van der Waals surface area (Å²) >= 11 is 0. The number of rotatable bonds is 10. The van der Waals surface area contributed by atoms with E-state index in [2.05, 4.69) is 9.97 Å². The van der Waals surface area contributed by atoms with Crippen molar-refractivity contribution >= 4 is 22.9 Å². The van der Waals surface area contributed by atoms with Crippen LogP contribution in [0.5, 0.6) is 0 Å². The van der Waals surface area contributed by atoms with Crippen LogP contribution in [0.15, 0.2) is 60.8 Å². The van der Waals surface area contributed by atoms with Gasteiger partial charge >= 0.3 is 5.97 Å². The maximum absolute atomic E-state index is 13.0. The van der Waals surface area contributed by atoms with Crippen molar-refractivity contribution in [1.82, 2.24) is 9.97 Å². The second-order valence-electron chi connectivity index (χ2n) is 9.17. The number of hydrogen-bond donors (Lipinski definition) is 2. The molecule has 1 aliphatic rings. The summed E-state index contributed by atoms with van der Waals surface area (Å²) in [5, 5.41) is 11.1. The molecule has 34 heavy (non-hydrogen) atoms. The van der Waals surface area contributed by atoms with Crippen molar-refractivity contribution in [2.24, 2.45) is 17.6 Å². The molecule has 0 spiro atoms. The Morgan fingerprint density at radius 3 is 2.41 bits per heavy atom. The predicted molar refractivity (Wildman–Crippen MR) is 129 cm³/mol. The molecule has 178 valence electrons. The molecule has 0 unspecified atom stereocenters. The Kier molecular flexibility index (Phi) is 7.85. The fourth-order valence-corrected chi connectivity index (χ4v) is 4.78. The highest BCUT2D eigenvalue weighted by Crippen LogP contribution is 2.32. The number of primary amides is 1. The fraction of sp³-hybridized carbons (Fsp3) is 0.407. The Hall–Kier alpha value is -3.32. The minimum atomic E-state index is -1.04. The molecule has 3 atom stereocenters. The first-order valence-electron chi connectivity index (χ1n) is 11.9. The third kappa shape index (κ3) is 6.17. The zero-order valence-electron chi connectivity index (χ0n) is 19.2. The average molecular weight is 462 g/mol. The summed E-state index contributed by atoms with van der Waals surface area (Å²) in [6, 6.07) is 16.8. The maximum Gasteiger partial charge on any atom is 0.358 e. The van der Waals surface area contributed by atoms with Crippen molar-refractivity contribution in [1.29, 1.82) is 0 Å². The van der Waals surface area contributed by atoms with Gasteiger partial charge in [-0.3, -0.25) is 9.78 Å². The van der Waals surface area contributed by atoms with Crippen LogP contribution in [0.4, 0.5) is 0 Å². The van der Waals surface area contributed by atoms with E-state index in [-0.39, 0.29) is 12.1 Å². The van der Waals surface area contributed by atoms with Crippen molar-refractivity contribution < 1.29 is 19.4 Å². The smallest absolute Gasteiger partial charge is 0.358 e. The molecule has 4 rings (SSSR count). The van der Waals surface area contributed by atoms with Crippen LogP contribution in [0, 0.1) is 11.8 Å². The molecule has 1 heterocycles. The van der Waals surface area contributed by atoms with Gasteiger partial charge in [-0.2, -0.15) is 0 Å². The number of esters is 1. The van der Waals surface area contributed by atoms with Gasteiger partial charge in [0.1, 0.15) is 6.10 Å². The highest BCUT2D eigenvalue weighted by Gasteiger charge is 2.31. The van der Waals surface area contributed by atoms with E-state index in [4.69, 9.17) is 10.5 Å². The van der Waals surface area contributed by atoms with Crippen LogP contribution in [0.25, 0.3) is 11.0 Å². The quantitative estimate of drug-likeness (QED) is 0.443. The number of carbonyl (C=O) groups excluding carboxylic acids is 2. The lowest BCUT2D eigenvalue weighted by Crippen LogP contribution is -2.38. The van der Waals surface area contributed by atoms with Crippen molar-refractivity contribution in [2.45, 2.75) is 57.2 Å². The summed E-state index contributed by atoms with van der Waals surface area (Å²) in [6.07, 6.45) is 5.11. The molecule has 1 fully saturated rings. The molecule has 0 radical (unpaired) electrons. The van der Waals surface area contributed by atoms with Crippen molar-refractivity contribution in [2.75, 3.05) is 0 Å². The lowest BCUT2D eigenvalue weighted by atomic mass is 9.86. The lowest BCUT2D eigenvalue weighted by Gasteiger charge is -2.27. The van der Waals surface area contributed by atoms with Gasteiger partial charge in [-0.15, -0.1) is 0 Å². The Balaban J connectivity index is 1.51. The first-order valence-corrected chi connectivity index (χ1v) is 11.9. The van der Waals surface area contributed by atoms with Crippen LogP contribution in [-0.2, 0) is 16.0 Å². The van der Waals surface area contributed by atoms with Crippen LogP contribution in [0.3, 0.4) is 0 Å². The number of para-hydroxylation sites is 2. The highest BCUT2D eigenvalue weighted by atomic mass is 16.6. The van der Waals surface area contributed by atoms with E-state index in [1.54, 1.807) is 6.07 Å². The molecule has 1 amide bonds. The minimum absolute atomic E-state index is 0.0707. The Morgan fingerprint density at radius 2 is 1.71 bits per heavy atom. The summed E-state index contributed by atoms with van der Waals surface area (Å²) < 4.78 is 5.76. The molecule has 0 saturated heterocycles. The van der Waals surface area contributed by atoms with E-state index in [0.717, 1.165) is 18.4 Å². The second kappa shape index (κ2) is 11.2. The van der Waals surface area contributed by atoms with Gasteiger partial charge in [-0.05, 0) is 36.5 Å². The number of nitrogens with zero attached hydrogens (tertiary/aromatic N) is 2. The molecule has 1 aromatic heterocycles. The maximum atomic E-state index is 13.0. The molecule has 2 aromatic carbocycles.